The summed E-state index contributed by atoms with van der Waals surface area (Å²) in [4.78, 5) is 0. The van der Waals surface area contributed by atoms with Gasteiger partial charge in [-0.1, -0.05) is 0 Å². The van der Waals surface area contributed by atoms with Crippen molar-refractivity contribution in [3.63, 3.8) is 0 Å². The maximum Gasteiger partial charge on any atom is 0.141 e. The number of anilines is 1. The van der Waals surface area contributed by atoms with Gasteiger partial charge in [0.05, 0.1) is 32.4 Å². The molecule has 0 aromatic heterocycles. The van der Waals surface area contributed by atoms with Crippen LogP contribution in [0.5, 0.6) is 5.75 Å². The van der Waals surface area contributed by atoms with Crippen molar-refractivity contribution in [1.29, 1.82) is 0 Å². The largest absolute Gasteiger partial charge is 1.00 e. The van der Waals surface area contributed by atoms with Crippen molar-refractivity contribution in [2.24, 2.45) is 5.73 Å². The molecular weight excluding hydrogens is 298 g/mol. The van der Waals surface area contributed by atoms with Crippen LogP contribution >= 0.6 is 0 Å². The zero-order valence-corrected chi connectivity index (χ0v) is 15.2. The van der Waals surface area contributed by atoms with Crippen LogP contribution in [0.2, 0.25) is 0 Å². The van der Waals surface area contributed by atoms with Crippen LogP contribution in [0.4, 0.5) is 5.69 Å². The number of rotatable bonds is 9. The molecule has 1 rings (SSSR count). The van der Waals surface area contributed by atoms with E-state index in [0.717, 1.165) is 42.0 Å². The molecule has 4 N–H and O–H groups in total. The third kappa shape index (κ3) is 6.03. The summed E-state index contributed by atoms with van der Waals surface area (Å²) in [6, 6.07) is 6.42. The zero-order chi connectivity index (χ0) is 15.9. The molecule has 0 spiro atoms. The van der Waals surface area contributed by atoms with E-state index in [1.165, 1.54) is 18.5 Å². The Hall–Kier alpha value is -0.970. The Morgan fingerprint density at radius 3 is 2.32 bits per heavy atom. The third-order valence-corrected chi connectivity index (χ3v) is 4.45. The highest BCUT2D eigenvalue weighted by molar-refractivity contribution is 5.54. The molecule has 128 valence electrons. The fourth-order valence-electron chi connectivity index (χ4n) is 2.86. The molecule has 5 heteroatoms. The molecule has 1 aromatic carbocycles. The molecule has 0 aliphatic heterocycles. The first-order valence-electron chi connectivity index (χ1n) is 7.99. The third-order valence-electron chi connectivity index (χ3n) is 4.45. The lowest BCUT2D eigenvalue weighted by atomic mass is 10.1. The highest BCUT2D eigenvalue weighted by Crippen LogP contribution is 2.24. The van der Waals surface area contributed by atoms with E-state index < -0.39 is 0 Å². The topological polar surface area (TPSA) is 61.3 Å². The van der Waals surface area contributed by atoms with Gasteiger partial charge in [-0.05, 0) is 51.8 Å². The highest BCUT2D eigenvalue weighted by Gasteiger charge is 2.23. The lowest BCUT2D eigenvalue weighted by Gasteiger charge is -2.37. The number of halogens is 1. The monoisotopic (exact) mass is 329 g/mol. The molecule has 0 fully saturated rings. The van der Waals surface area contributed by atoms with Crippen LogP contribution in [-0.4, -0.2) is 37.3 Å². The summed E-state index contributed by atoms with van der Waals surface area (Å²) in [6.45, 7) is 11.0. The quantitative estimate of drug-likeness (QED) is 0.486. The van der Waals surface area contributed by atoms with Gasteiger partial charge < -0.3 is 33.1 Å². The Balaban J connectivity index is 0.00000441. The minimum absolute atomic E-state index is 0. The van der Waals surface area contributed by atoms with Crippen LogP contribution in [0.1, 0.15) is 39.2 Å². The van der Waals surface area contributed by atoms with Crippen LogP contribution < -0.4 is 28.6 Å². The summed E-state index contributed by atoms with van der Waals surface area (Å²) in [5, 5.41) is 0. The van der Waals surface area contributed by atoms with Crippen LogP contribution in [0.3, 0.4) is 0 Å². The summed E-state index contributed by atoms with van der Waals surface area (Å²) < 4.78 is 6.31. The van der Waals surface area contributed by atoms with Crippen molar-refractivity contribution in [3.8, 4) is 5.75 Å². The summed E-state index contributed by atoms with van der Waals surface area (Å²) in [5.41, 5.74) is 13.9. The maximum atomic E-state index is 6.03. The molecule has 1 atom stereocenters. The molecule has 4 nitrogen and oxygen atoms in total. The van der Waals surface area contributed by atoms with Gasteiger partial charge in [-0.3, -0.25) is 0 Å². The molecule has 0 heterocycles. The Bertz CT molecular complexity index is 434. The van der Waals surface area contributed by atoms with Crippen LogP contribution in [0.25, 0.3) is 0 Å². The van der Waals surface area contributed by atoms with Crippen LogP contribution in [0, 0.1) is 0 Å². The Kier molecular flexibility index (Phi) is 9.49. The van der Waals surface area contributed by atoms with Crippen molar-refractivity contribution in [2.45, 2.75) is 46.2 Å². The molecule has 0 aliphatic rings. The predicted molar refractivity (Wildman–Crippen MR) is 90.2 cm³/mol. The van der Waals surface area contributed by atoms with Gasteiger partial charge in [0.1, 0.15) is 12.3 Å². The maximum absolute atomic E-state index is 6.03. The van der Waals surface area contributed by atoms with Gasteiger partial charge in [-0.25, -0.2) is 0 Å². The Labute approximate surface area is 141 Å². The van der Waals surface area contributed by atoms with Crippen molar-refractivity contribution in [1.82, 2.24) is 0 Å². The predicted octanol–water partition coefficient (Wildman–Crippen LogP) is -0.235. The molecule has 1 unspecified atom stereocenters. The second-order valence-corrected chi connectivity index (χ2v) is 6.05. The fourth-order valence-corrected chi connectivity index (χ4v) is 2.86. The standard InChI is InChI=1S/C17H32N3O.ClH/c1-5-20(6-2,11-7-8-14(3)18)13-15-9-10-17(21-4)16(19)12-15;/h9-10,12,14H,5-8,11,13,18-19H2,1-4H3;1H/q+1;/p-1. The van der Waals surface area contributed by atoms with Gasteiger partial charge >= 0.3 is 0 Å². The van der Waals surface area contributed by atoms with Gasteiger partial charge in [0.2, 0.25) is 0 Å². The molecule has 0 radical (unpaired) electrons. The first-order chi connectivity index (χ1) is 9.96. The van der Waals surface area contributed by atoms with Gasteiger partial charge in [0.25, 0.3) is 0 Å². The summed E-state index contributed by atoms with van der Waals surface area (Å²) >= 11 is 0. The zero-order valence-electron chi connectivity index (χ0n) is 14.4. The number of nitrogen functional groups attached to an aromatic ring is 1. The van der Waals surface area contributed by atoms with Crippen molar-refractivity contribution >= 4 is 5.69 Å². The van der Waals surface area contributed by atoms with Gasteiger partial charge in [0, 0.05) is 11.6 Å². The second kappa shape index (κ2) is 9.93. The van der Waals surface area contributed by atoms with Gasteiger partial charge in [-0.2, -0.15) is 0 Å². The number of ether oxygens (including phenoxy) is 1. The van der Waals surface area contributed by atoms with Gasteiger partial charge in [0.15, 0.2) is 0 Å². The number of quaternary nitrogens is 1. The van der Waals surface area contributed by atoms with E-state index in [2.05, 4.69) is 26.8 Å². The lowest BCUT2D eigenvalue weighted by Crippen LogP contribution is -3.00. The Morgan fingerprint density at radius 2 is 1.86 bits per heavy atom. The van der Waals surface area contributed by atoms with Gasteiger partial charge in [-0.15, -0.1) is 0 Å². The number of methoxy groups -OCH3 is 1. The molecule has 22 heavy (non-hydrogen) atoms. The van der Waals surface area contributed by atoms with Crippen LogP contribution in [0.15, 0.2) is 18.2 Å². The SMILES string of the molecule is CC[N+](CC)(CCCC(C)N)Cc1ccc(OC)c(N)c1.[Cl-]. The molecule has 0 saturated carbocycles. The lowest BCUT2D eigenvalue weighted by molar-refractivity contribution is -0.938. The molecule has 0 amide bonds. The average molecular weight is 330 g/mol. The number of hydrogen-bond donors (Lipinski definition) is 2. The van der Waals surface area contributed by atoms with E-state index in [-0.39, 0.29) is 18.4 Å². The van der Waals surface area contributed by atoms with Crippen molar-refractivity contribution < 1.29 is 21.6 Å². The minimum atomic E-state index is 0. The van der Waals surface area contributed by atoms with Crippen LogP contribution in [-0.2, 0) is 6.54 Å². The normalized spacial score (nSPS) is 12.6. The molecular formula is C17H32ClN3O. The highest BCUT2D eigenvalue weighted by atomic mass is 35.5. The summed E-state index contributed by atoms with van der Waals surface area (Å²) in [6.07, 6.45) is 2.26. The second-order valence-electron chi connectivity index (χ2n) is 6.05. The van der Waals surface area contributed by atoms with E-state index in [4.69, 9.17) is 16.2 Å². The minimum Gasteiger partial charge on any atom is -1.00 e. The van der Waals surface area contributed by atoms with E-state index >= 15 is 0 Å². The van der Waals surface area contributed by atoms with Crippen molar-refractivity contribution in [2.75, 3.05) is 32.5 Å². The number of benzene rings is 1. The number of nitrogens with zero attached hydrogens (tertiary/aromatic N) is 1. The first-order valence-corrected chi connectivity index (χ1v) is 7.99. The molecule has 0 bridgehead atoms. The fraction of sp³-hybridized carbons (Fsp3) is 0.647. The van der Waals surface area contributed by atoms with Crippen molar-refractivity contribution in [3.05, 3.63) is 23.8 Å². The molecule has 0 saturated heterocycles. The average Bonchev–Trinajstić information content (AvgIpc) is 2.46. The Morgan fingerprint density at radius 1 is 1.23 bits per heavy atom. The smallest absolute Gasteiger partial charge is 0.141 e. The number of nitrogens with two attached hydrogens (primary N) is 2. The summed E-state index contributed by atoms with van der Waals surface area (Å²) in [5.74, 6) is 0.752. The van der Waals surface area contributed by atoms with E-state index in [1.807, 2.05) is 12.1 Å². The van der Waals surface area contributed by atoms with E-state index in [1.54, 1.807) is 7.11 Å². The van der Waals surface area contributed by atoms with E-state index in [9.17, 15) is 0 Å². The number of hydrogen-bond acceptors (Lipinski definition) is 3. The summed E-state index contributed by atoms with van der Waals surface area (Å²) in [7, 11) is 1.65. The molecule has 0 aliphatic carbocycles. The van der Waals surface area contributed by atoms with E-state index in [0.29, 0.717) is 0 Å². The first kappa shape index (κ1) is 21.0. The molecule has 1 aromatic rings.